The van der Waals surface area contributed by atoms with E-state index in [1.165, 1.54) is 12.4 Å². The average molecular weight is 242 g/mol. The zero-order chi connectivity index (χ0) is 12.0. The van der Waals surface area contributed by atoms with Crippen LogP contribution < -0.4 is 0 Å². The fourth-order valence-corrected chi connectivity index (χ4v) is 1.43. The summed E-state index contributed by atoms with van der Waals surface area (Å²) in [4.78, 5) is 21.6. The van der Waals surface area contributed by atoms with Crippen LogP contribution >= 0.6 is 11.6 Å². The van der Waals surface area contributed by atoms with Crippen molar-refractivity contribution in [3.8, 4) is 0 Å². The van der Waals surface area contributed by atoms with Crippen LogP contribution in [0.15, 0.2) is 12.4 Å². The Balaban J connectivity index is 2.70. The molecule has 0 atom stereocenters. The monoisotopic (exact) mass is 241 g/mol. The van der Waals surface area contributed by atoms with Crippen molar-refractivity contribution in [3.63, 3.8) is 0 Å². The zero-order valence-corrected chi connectivity index (χ0v) is 10.4. The number of unbranched alkanes of at least 4 members (excludes halogenated alkanes) is 1. The van der Waals surface area contributed by atoms with Crippen molar-refractivity contribution in [1.82, 2.24) is 14.9 Å². The first kappa shape index (κ1) is 12.9. The Hall–Kier alpha value is -1.16. The Labute approximate surface area is 101 Å². The Morgan fingerprint density at radius 1 is 1.38 bits per heavy atom. The van der Waals surface area contributed by atoms with Crippen molar-refractivity contribution >= 4 is 17.5 Å². The van der Waals surface area contributed by atoms with E-state index in [4.69, 9.17) is 11.6 Å². The Kier molecular flexibility index (Phi) is 5.19. The molecule has 88 valence electrons. The predicted molar refractivity (Wildman–Crippen MR) is 63.5 cm³/mol. The molecule has 0 aliphatic rings. The molecule has 1 rings (SSSR count). The van der Waals surface area contributed by atoms with Gasteiger partial charge in [-0.25, -0.2) is 9.97 Å². The predicted octanol–water partition coefficient (Wildman–Crippen LogP) is 2.39. The molecule has 0 aromatic carbocycles. The normalized spacial score (nSPS) is 10.2. The van der Waals surface area contributed by atoms with Crippen LogP contribution in [0.4, 0.5) is 0 Å². The molecule has 0 unspecified atom stereocenters. The lowest BCUT2D eigenvalue weighted by Gasteiger charge is -2.19. The maximum atomic E-state index is 12.0. The van der Waals surface area contributed by atoms with Gasteiger partial charge in [0.1, 0.15) is 10.8 Å². The summed E-state index contributed by atoms with van der Waals surface area (Å²) < 4.78 is 0. The van der Waals surface area contributed by atoms with Crippen molar-refractivity contribution in [2.24, 2.45) is 0 Å². The first-order chi connectivity index (χ1) is 7.69. The molecular weight excluding hydrogens is 226 g/mol. The van der Waals surface area contributed by atoms with Crippen LogP contribution in [-0.2, 0) is 0 Å². The number of nitrogens with zero attached hydrogens (tertiary/aromatic N) is 3. The molecule has 0 fully saturated rings. The van der Waals surface area contributed by atoms with Crippen molar-refractivity contribution in [2.45, 2.75) is 26.7 Å². The molecule has 0 aliphatic carbocycles. The largest absolute Gasteiger partial charge is 0.338 e. The molecule has 16 heavy (non-hydrogen) atoms. The maximum Gasteiger partial charge on any atom is 0.274 e. The number of hydrogen-bond acceptors (Lipinski definition) is 3. The molecule has 0 aliphatic heterocycles. The second-order valence-electron chi connectivity index (χ2n) is 3.46. The van der Waals surface area contributed by atoms with Crippen LogP contribution in [0.1, 0.15) is 37.2 Å². The molecule has 1 heterocycles. The van der Waals surface area contributed by atoms with Crippen LogP contribution in [0.25, 0.3) is 0 Å². The highest BCUT2D eigenvalue weighted by atomic mass is 35.5. The van der Waals surface area contributed by atoms with Gasteiger partial charge in [-0.05, 0) is 13.3 Å². The third-order valence-electron chi connectivity index (χ3n) is 2.29. The summed E-state index contributed by atoms with van der Waals surface area (Å²) >= 11 is 5.61. The summed E-state index contributed by atoms with van der Waals surface area (Å²) in [6.07, 6.45) is 4.87. The van der Waals surface area contributed by atoms with Crippen LogP contribution in [-0.4, -0.2) is 33.9 Å². The van der Waals surface area contributed by atoms with Gasteiger partial charge in [-0.3, -0.25) is 4.79 Å². The molecule has 5 heteroatoms. The van der Waals surface area contributed by atoms with Gasteiger partial charge in [0.2, 0.25) is 0 Å². The van der Waals surface area contributed by atoms with Crippen molar-refractivity contribution in [1.29, 1.82) is 0 Å². The minimum atomic E-state index is -0.0832. The SMILES string of the molecule is CCCCN(CC)C(=O)c1cnc(Cl)cn1. The summed E-state index contributed by atoms with van der Waals surface area (Å²) in [5.41, 5.74) is 0.349. The van der Waals surface area contributed by atoms with Gasteiger partial charge in [0.15, 0.2) is 0 Å². The van der Waals surface area contributed by atoms with E-state index in [1.807, 2.05) is 6.92 Å². The zero-order valence-electron chi connectivity index (χ0n) is 9.61. The summed E-state index contributed by atoms with van der Waals surface area (Å²) in [6, 6.07) is 0. The van der Waals surface area contributed by atoms with E-state index in [0.717, 1.165) is 19.4 Å². The van der Waals surface area contributed by atoms with E-state index in [0.29, 0.717) is 17.4 Å². The lowest BCUT2D eigenvalue weighted by molar-refractivity contribution is 0.0756. The van der Waals surface area contributed by atoms with E-state index in [9.17, 15) is 4.79 Å². The number of halogens is 1. The lowest BCUT2D eigenvalue weighted by atomic mass is 10.3. The highest BCUT2D eigenvalue weighted by Gasteiger charge is 2.14. The summed E-state index contributed by atoms with van der Waals surface area (Å²) in [6.45, 7) is 5.50. The van der Waals surface area contributed by atoms with Gasteiger partial charge in [-0.1, -0.05) is 24.9 Å². The van der Waals surface area contributed by atoms with E-state index in [1.54, 1.807) is 4.90 Å². The maximum absolute atomic E-state index is 12.0. The van der Waals surface area contributed by atoms with Crippen molar-refractivity contribution < 1.29 is 4.79 Å². The first-order valence-electron chi connectivity index (χ1n) is 5.45. The quantitative estimate of drug-likeness (QED) is 0.795. The highest BCUT2D eigenvalue weighted by molar-refractivity contribution is 6.29. The second-order valence-corrected chi connectivity index (χ2v) is 3.85. The molecule has 0 spiro atoms. The molecule has 0 N–H and O–H groups in total. The third-order valence-corrected chi connectivity index (χ3v) is 2.49. The van der Waals surface area contributed by atoms with Crippen molar-refractivity contribution in [2.75, 3.05) is 13.1 Å². The van der Waals surface area contributed by atoms with Gasteiger partial charge in [-0.15, -0.1) is 0 Å². The van der Waals surface area contributed by atoms with Crippen LogP contribution in [0.3, 0.4) is 0 Å². The number of aromatic nitrogens is 2. The van der Waals surface area contributed by atoms with Gasteiger partial charge in [0, 0.05) is 13.1 Å². The number of amides is 1. The minimum Gasteiger partial charge on any atom is -0.338 e. The Bertz CT molecular complexity index is 340. The third kappa shape index (κ3) is 3.45. The number of carbonyl (C=O) groups is 1. The molecule has 0 saturated carbocycles. The van der Waals surface area contributed by atoms with E-state index >= 15 is 0 Å². The van der Waals surface area contributed by atoms with Crippen LogP contribution in [0, 0.1) is 0 Å². The molecule has 1 amide bonds. The average Bonchev–Trinajstić information content (AvgIpc) is 2.30. The Morgan fingerprint density at radius 2 is 2.12 bits per heavy atom. The van der Waals surface area contributed by atoms with Crippen LogP contribution in [0.2, 0.25) is 5.15 Å². The van der Waals surface area contributed by atoms with Gasteiger partial charge >= 0.3 is 0 Å². The van der Waals surface area contributed by atoms with E-state index < -0.39 is 0 Å². The fourth-order valence-electron chi connectivity index (χ4n) is 1.34. The van der Waals surface area contributed by atoms with E-state index in [-0.39, 0.29) is 5.91 Å². The molecule has 0 saturated heterocycles. The topological polar surface area (TPSA) is 46.1 Å². The van der Waals surface area contributed by atoms with Gasteiger partial charge < -0.3 is 4.90 Å². The molecule has 0 bridgehead atoms. The van der Waals surface area contributed by atoms with Gasteiger partial charge in [0.05, 0.1) is 12.4 Å². The number of hydrogen-bond donors (Lipinski definition) is 0. The second kappa shape index (κ2) is 6.43. The summed E-state index contributed by atoms with van der Waals surface area (Å²) in [5.74, 6) is -0.0832. The van der Waals surface area contributed by atoms with E-state index in [2.05, 4.69) is 16.9 Å². The standard InChI is InChI=1S/C11H16ClN3O/c1-3-5-6-15(4-2)11(16)9-7-14-10(12)8-13-9/h7-8H,3-6H2,1-2H3. The molecule has 1 aromatic heterocycles. The number of carbonyl (C=O) groups excluding carboxylic acids is 1. The number of rotatable bonds is 5. The minimum absolute atomic E-state index is 0.0832. The molecule has 1 aromatic rings. The molecular formula is C11H16ClN3O. The van der Waals surface area contributed by atoms with Gasteiger partial charge in [-0.2, -0.15) is 0 Å². The van der Waals surface area contributed by atoms with Crippen LogP contribution in [0.5, 0.6) is 0 Å². The fraction of sp³-hybridized carbons (Fsp3) is 0.545. The molecule has 0 radical (unpaired) electrons. The summed E-state index contributed by atoms with van der Waals surface area (Å²) in [5, 5.41) is 0.299. The highest BCUT2D eigenvalue weighted by Crippen LogP contribution is 2.05. The lowest BCUT2D eigenvalue weighted by Crippen LogP contribution is -2.32. The smallest absolute Gasteiger partial charge is 0.274 e. The summed E-state index contributed by atoms with van der Waals surface area (Å²) in [7, 11) is 0. The first-order valence-corrected chi connectivity index (χ1v) is 5.83. The van der Waals surface area contributed by atoms with Gasteiger partial charge in [0.25, 0.3) is 5.91 Å². The molecule has 4 nitrogen and oxygen atoms in total. The van der Waals surface area contributed by atoms with Crippen molar-refractivity contribution in [3.05, 3.63) is 23.2 Å². The Morgan fingerprint density at radius 3 is 2.62 bits per heavy atom.